The van der Waals surface area contributed by atoms with Crippen LogP contribution in [-0.2, 0) is 17.8 Å². The highest BCUT2D eigenvalue weighted by Gasteiger charge is 2.28. The van der Waals surface area contributed by atoms with Crippen molar-refractivity contribution in [2.75, 3.05) is 6.54 Å². The lowest BCUT2D eigenvalue weighted by Gasteiger charge is -2.30. The molecule has 23 heavy (non-hydrogen) atoms. The van der Waals surface area contributed by atoms with Gasteiger partial charge in [0.1, 0.15) is 11.7 Å². The minimum Gasteiger partial charge on any atom is -0.339 e. The summed E-state index contributed by atoms with van der Waals surface area (Å²) in [7, 11) is 0. The van der Waals surface area contributed by atoms with Crippen molar-refractivity contribution in [1.82, 2.24) is 15.2 Å². The number of nitrogens with one attached hydrogen (secondary N) is 1. The van der Waals surface area contributed by atoms with Crippen molar-refractivity contribution in [3.05, 3.63) is 38.5 Å². The van der Waals surface area contributed by atoms with E-state index in [4.69, 9.17) is 0 Å². The number of hydrogen-bond acceptors (Lipinski definition) is 5. The minimum absolute atomic E-state index is 0.00674. The van der Waals surface area contributed by atoms with Crippen LogP contribution in [0.3, 0.4) is 0 Å². The summed E-state index contributed by atoms with van der Waals surface area (Å²) in [5, 5.41) is 6.62. The minimum atomic E-state index is -0.477. The highest BCUT2D eigenvalue weighted by molar-refractivity contribution is 7.10. The van der Waals surface area contributed by atoms with Gasteiger partial charge < -0.3 is 10.2 Å². The van der Waals surface area contributed by atoms with E-state index in [1.807, 2.05) is 11.8 Å². The lowest BCUT2D eigenvalue weighted by Crippen LogP contribution is -2.49. The average molecular weight is 349 g/mol. The molecule has 5 nitrogen and oxygen atoms in total. The molecule has 2 aromatic rings. The summed E-state index contributed by atoms with van der Waals surface area (Å²) in [6.45, 7) is 3.38. The second-order valence-corrected chi connectivity index (χ2v) is 7.29. The molecular weight excluding hydrogens is 330 g/mol. The number of rotatable bonds is 5. The molecule has 0 fully saturated rings. The molecular formula is C16H19N3O2S2. The van der Waals surface area contributed by atoms with Crippen LogP contribution in [0.25, 0.3) is 0 Å². The van der Waals surface area contributed by atoms with Gasteiger partial charge in [0.05, 0.1) is 5.51 Å². The van der Waals surface area contributed by atoms with E-state index < -0.39 is 6.04 Å². The van der Waals surface area contributed by atoms with E-state index in [9.17, 15) is 9.59 Å². The van der Waals surface area contributed by atoms with Crippen molar-refractivity contribution in [3.63, 3.8) is 0 Å². The van der Waals surface area contributed by atoms with Crippen molar-refractivity contribution in [2.45, 2.75) is 38.8 Å². The number of aromatic nitrogens is 1. The Morgan fingerprint density at radius 3 is 3.09 bits per heavy atom. The van der Waals surface area contributed by atoms with Crippen molar-refractivity contribution >= 4 is 34.5 Å². The first-order valence-corrected chi connectivity index (χ1v) is 9.54. The van der Waals surface area contributed by atoms with Crippen LogP contribution in [0.4, 0.5) is 0 Å². The van der Waals surface area contributed by atoms with Gasteiger partial charge in [-0.25, -0.2) is 4.98 Å². The number of thiazole rings is 1. The molecule has 0 saturated carbocycles. The molecule has 1 unspecified atom stereocenters. The Balaban J connectivity index is 1.68. The quantitative estimate of drug-likeness (QED) is 0.903. The predicted molar refractivity (Wildman–Crippen MR) is 91.7 cm³/mol. The smallest absolute Gasteiger partial charge is 0.271 e. The topological polar surface area (TPSA) is 62.3 Å². The molecule has 0 bridgehead atoms. The van der Waals surface area contributed by atoms with Crippen LogP contribution in [0.2, 0.25) is 0 Å². The third kappa shape index (κ3) is 3.61. The Morgan fingerprint density at radius 2 is 2.35 bits per heavy atom. The Morgan fingerprint density at radius 1 is 1.48 bits per heavy atom. The van der Waals surface area contributed by atoms with Crippen LogP contribution >= 0.6 is 22.7 Å². The zero-order valence-corrected chi connectivity index (χ0v) is 14.6. The summed E-state index contributed by atoms with van der Waals surface area (Å²) >= 11 is 3.12. The Kier molecular flexibility index (Phi) is 5.07. The maximum atomic E-state index is 12.8. The molecule has 3 heterocycles. The maximum absolute atomic E-state index is 12.8. The fraction of sp³-hybridized carbons (Fsp3) is 0.438. The Bertz CT molecular complexity index is 681. The number of hydrogen-bond donors (Lipinski definition) is 1. The van der Waals surface area contributed by atoms with Crippen molar-refractivity contribution in [3.8, 4) is 0 Å². The van der Waals surface area contributed by atoms with Crippen LogP contribution in [0.1, 0.15) is 40.7 Å². The highest BCUT2D eigenvalue weighted by Crippen LogP contribution is 2.24. The molecule has 7 heteroatoms. The molecule has 1 N–H and O–H groups in total. The van der Waals surface area contributed by atoms with E-state index >= 15 is 0 Å². The molecule has 0 spiro atoms. The van der Waals surface area contributed by atoms with Crippen molar-refractivity contribution in [2.24, 2.45) is 0 Å². The van der Waals surface area contributed by atoms with E-state index in [0.29, 0.717) is 18.7 Å². The molecule has 0 saturated heterocycles. The highest BCUT2D eigenvalue weighted by atomic mass is 32.1. The van der Waals surface area contributed by atoms with E-state index in [0.717, 1.165) is 19.4 Å². The zero-order chi connectivity index (χ0) is 16.2. The second kappa shape index (κ2) is 7.23. The van der Waals surface area contributed by atoms with Gasteiger partial charge in [-0.15, -0.1) is 22.7 Å². The summed E-state index contributed by atoms with van der Waals surface area (Å²) in [4.78, 5) is 32.3. The van der Waals surface area contributed by atoms with Crippen LogP contribution in [0, 0.1) is 0 Å². The van der Waals surface area contributed by atoms with Crippen molar-refractivity contribution in [1.29, 1.82) is 0 Å². The number of thiophene rings is 1. The van der Waals surface area contributed by atoms with Crippen LogP contribution < -0.4 is 5.32 Å². The van der Waals surface area contributed by atoms with Gasteiger partial charge in [-0.2, -0.15) is 0 Å². The van der Waals surface area contributed by atoms with Crippen molar-refractivity contribution < 1.29 is 9.59 Å². The number of fused-ring (bicyclic) bond motifs is 1. The van der Waals surface area contributed by atoms with E-state index in [2.05, 4.69) is 21.7 Å². The van der Waals surface area contributed by atoms with Crippen LogP contribution in [0.15, 0.2) is 22.3 Å². The third-order valence-corrected chi connectivity index (χ3v) is 5.57. The molecule has 0 aliphatic carbocycles. The first-order valence-electron chi connectivity index (χ1n) is 7.72. The average Bonchev–Trinajstić information content (AvgIpc) is 3.24. The van der Waals surface area contributed by atoms with Gasteiger partial charge in [-0.05, 0) is 29.9 Å². The molecule has 1 atom stereocenters. The molecule has 1 aliphatic rings. The third-order valence-electron chi connectivity index (χ3n) is 3.97. The molecule has 0 radical (unpaired) electrons. The van der Waals surface area contributed by atoms with E-state index in [1.165, 1.54) is 21.8 Å². The van der Waals surface area contributed by atoms with Gasteiger partial charge in [0, 0.05) is 23.3 Å². The standard InChI is InChI=1S/C16H19N3O2S2/c1-2-3-12(18-15(20)13-9-22-10-17-13)16(21)19-6-4-14-11(8-19)5-7-23-14/h5,7,9-10,12H,2-4,6,8H2,1H3,(H,18,20). The number of amides is 2. The summed E-state index contributed by atoms with van der Waals surface area (Å²) < 4.78 is 0. The van der Waals surface area contributed by atoms with Gasteiger partial charge in [-0.1, -0.05) is 13.3 Å². The summed E-state index contributed by atoms with van der Waals surface area (Å²) in [5.74, 6) is -0.265. The molecule has 2 aromatic heterocycles. The second-order valence-electron chi connectivity index (χ2n) is 5.57. The molecule has 2 amide bonds. The summed E-state index contributed by atoms with van der Waals surface area (Å²) in [6, 6.07) is 1.61. The molecule has 3 rings (SSSR count). The van der Waals surface area contributed by atoms with Crippen LogP contribution in [-0.4, -0.2) is 34.3 Å². The van der Waals surface area contributed by atoms with Gasteiger partial charge >= 0.3 is 0 Å². The molecule has 1 aliphatic heterocycles. The summed E-state index contributed by atoms with van der Waals surface area (Å²) in [5.41, 5.74) is 3.23. The predicted octanol–water partition coefficient (Wildman–Crippen LogP) is 2.69. The summed E-state index contributed by atoms with van der Waals surface area (Å²) in [6.07, 6.45) is 2.38. The fourth-order valence-electron chi connectivity index (χ4n) is 2.76. The Labute approximate surface area is 143 Å². The molecule has 0 aromatic carbocycles. The largest absolute Gasteiger partial charge is 0.339 e. The van der Waals surface area contributed by atoms with Gasteiger partial charge in [-0.3, -0.25) is 9.59 Å². The number of carbonyl (C=O) groups is 2. The maximum Gasteiger partial charge on any atom is 0.271 e. The number of carbonyl (C=O) groups excluding carboxylic acids is 2. The first-order chi connectivity index (χ1) is 11.2. The molecule has 122 valence electrons. The number of nitrogens with zero attached hydrogens (tertiary/aromatic N) is 2. The van der Waals surface area contributed by atoms with E-state index in [1.54, 1.807) is 22.2 Å². The first kappa shape index (κ1) is 16.1. The van der Waals surface area contributed by atoms with E-state index in [-0.39, 0.29) is 11.8 Å². The lowest BCUT2D eigenvalue weighted by molar-refractivity contribution is -0.134. The van der Waals surface area contributed by atoms with Gasteiger partial charge in [0.2, 0.25) is 5.91 Å². The van der Waals surface area contributed by atoms with Gasteiger partial charge in [0.15, 0.2) is 0 Å². The lowest BCUT2D eigenvalue weighted by atomic mass is 10.1. The normalized spacial score (nSPS) is 15.1. The zero-order valence-electron chi connectivity index (χ0n) is 12.9. The monoisotopic (exact) mass is 349 g/mol. The Hall–Kier alpha value is -1.73. The van der Waals surface area contributed by atoms with Gasteiger partial charge in [0.25, 0.3) is 5.91 Å². The van der Waals surface area contributed by atoms with Crippen LogP contribution in [0.5, 0.6) is 0 Å². The fourth-order valence-corrected chi connectivity index (χ4v) is 4.18. The SMILES string of the molecule is CCCC(NC(=O)c1cscn1)C(=O)N1CCc2sccc2C1.